The van der Waals surface area contributed by atoms with Crippen LogP contribution in [0.2, 0.25) is 0 Å². The van der Waals surface area contributed by atoms with Crippen LogP contribution in [0.4, 0.5) is 0 Å². The monoisotopic (exact) mass is 293 g/mol. The molecule has 3 nitrogen and oxygen atoms in total. The molecule has 0 radical (unpaired) electrons. The first-order chi connectivity index (χ1) is 9.70. The molecule has 0 bridgehead atoms. The summed E-state index contributed by atoms with van der Waals surface area (Å²) in [5.41, 5.74) is 3.55. The van der Waals surface area contributed by atoms with Crippen molar-refractivity contribution in [3.8, 4) is 0 Å². The fourth-order valence-corrected chi connectivity index (χ4v) is 2.90. The lowest BCUT2D eigenvalue weighted by Gasteiger charge is -2.02. The molecule has 20 heavy (non-hydrogen) atoms. The molecule has 0 unspecified atom stereocenters. The average Bonchev–Trinajstić information content (AvgIpc) is 2.80. The van der Waals surface area contributed by atoms with Gasteiger partial charge in [-0.2, -0.15) is 11.8 Å². The molecule has 110 valence electrons. The highest BCUT2D eigenvalue weighted by molar-refractivity contribution is 7.99. The van der Waals surface area contributed by atoms with Gasteiger partial charge in [0.1, 0.15) is 11.3 Å². The molecule has 2 aromatic rings. The number of nitrogens with one attached hydrogen (secondary N) is 1. The van der Waals surface area contributed by atoms with Gasteiger partial charge in [-0.05, 0) is 55.3 Å². The van der Waals surface area contributed by atoms with Crippen LogP contribution in [-0.2, 0) is 6.54 Å². The molecule has 4 heteroatoms. The van der Waals surface area contributed by atoms with E-state index in [-0.39, 0.29) is 6.61 Å². The van der Waals surface area contributed by atoms with Crippen LogP contribution < -0.4 is 5.32 Å². The first-order valence-corrected chi connectivity index (χ1v) is 8.25. The van der Waals surface area contributed by atoms with Gasteiger partial charge in [-0.1, -0.05) is 0 Å². The van der Waals surface area contributed by atoms with E-state index in [2.05, 4.69) is 37.4 Å². The summed E-state index contributed by atoms with van der Waals surface area (Å²) in [4.78, 5) is 0. The lowest BCUT2D eigenvalue weighted by Crippen LogP contribution is -2.16. The minimum atomic E-state index is 0.290. The molecule has 0 aliphatic rings. The average molecular weight is 293 g/mol. The minimum absolute atomic E-state index is 0.290. The van der Waals surface area contributed by atoms with Gasteiger partial charge in [0, 0.05) is 24.3 Å². The number of aliphatic hydroxyl groups excluding tert-OH is 1. The molecule has 1 heterocycles. The molecular weight excluding hydrogens is 270 g/mol. The number of thioether (sulfide) groups is 1. The lowest BCUT2D eigenvalue weighted by molar-refractivity contribution is 0.296. The van der Waals surface area contributed by atoms with Crippen molar-refractivity contribution in [2.45, 2.75) is 26.8 Å². The lowest BCUT2D eigenvalue weighted by atomic mass is 10.1. The zero-order valence-corrected chi connectivity index (χ0v) is 13.1. The fraction of sp³-hybridized carbons (Fsp3) is 0.500. The minimum Gasteiger partial charge on any atom is -0.460 e. The van der Waals surface area contributed by atoms with Crippen molar-refractivity contribution in [1.82, 2.24) is 5.32 Å². The molecule has 0 fully saturated rings. The van der Waals surface area contributed by atoms with Gasteiger partial charge in [0.05, 0.1) is 6.54 Å². The summed E-state index contributed by atoms with van der Waals surface area (Å²) in [5, 5.41) is 13.3. The first-order valence-electron chi connectivity index (χ1n) is 7.09. The maximum absolute atomic E-state index is 8.68. The molecule has 0 saturated heterocycles. The van der Waals surface area contributed by atoms with Gasteiger partial charge in [0.15, 0.2) is 0 Å². The summed E-state index contributed by atoms with van der Waals surface area (Å²) in [7, 11) is 0. The van der Waals surface area contributed by atoms with Crippen LogP contribution in [0, 0.1) is 13.8 Å². The van der Waals surface area contributed by atoms with E-state index in [9.17, 15) is 0 Å². The van der Waals surface area contributed by atoms with Crippen LogP contribution >= 0.6 is 11.8 Å². The molecule has 0 saturated carbocycles. The Morgan fingerprint density at radius 1 is 1.15 bits per heavy atom. The van der Waals surface area contributed by atoms with E-state index in [0.29, 0.717) is 0 Å². The van der Waals surface area contributed by atoms with Crippen molar-refractivity contribution in [1.29, 1.82) is 0 Å². The Morgan fingerprint density at radius 3 is 2.75 bits per heavy atom. The van der Waals surface area contributed by atoms with Gasteiger partial charge < -0.3 is 14.8 Å². The van der Waals surface area contributed by atoms with Crippen molar-refractivity contribution in [2.24, 2.45) is 0 Å². The Morgan fingerprint density at radius 2 is 1.95 bits per heavy atom. The van der Waals surface area contributed by atoms with E-state index >= 15 is 0 Å². The van der Waals surface area contributed by atoms with Crippen molar-refractivity contribution in [2.75, 3.05) is 24.7 Å². The van der Waals surface area contributed by atoms with Crippen molar-refractivity contribution in [3.05, 3.63) is 35.1 Å². The van der Waals surface area contributed by atoms with Gasteiger partial charge in [-0.15, -0.1) is 0 Å². The summed E-state index contributed by atoms with van der Waals surface area (Å²) in [6.45, 7) is 6.26. The summed E-state index contributed by atoms with van der Waals surface area (Å²) in [5.74, 6) is 3.09. The molecular formula is C16H23NO2S. The summed E-state index contributed by atoms with van der Waals surface area (Å²) < 4.78 is 5.85. The third-order valence-electron chi connectivity index (χ3n) is 3.35. The maximum Gasteiger partial charge on any atom is 0.134 e. The van der Waals surface area contributed by atoms with Crippen LogP contribution in [0.3, 0.4) is 0 Å². The molecule has 2 N–H and O–H groups in total. The standard InChI is InChI=1S/C16H23NO2S/c1-12-8-14-10-15(19-16(14)9-13(12)2)11-17-4-7-20-6-3-5-18/h8-10,17-18H,3-7,11H2,1-2H3. The SMILES string of the molecule is Cc1cc2cc(CNCCSCCCO)oc2cc1C. The molecule has 2 rings (SSSR count). The Bertz CT molecular complexity index is 512. The number of aryl methyl sites for hydroxylation is 2. The smallest absolute Gasteiger partial charge is 0.134 e. The van der Waals surface area contributed by atoms with Crippen molar-refractivity contribution in [3.63, 3.8) is 0 Å². The van der Waals surface area contributed by atoms with Crippen LogP contribution in [0.15, 0.2) is 22.6 Å². The largest absolute Gasteiger partial charge is 0.460 e. The predicted octanol–water partition coefficient (Wildman–Crippen LogP) is 3.25. The molecule has 0 aliphatic carbocycles. The van der Waals surface area contributed by atoms with Gasteiger partial charge in [0.2, 0.25) is 0 Å². The zero-order chi connectivity index (χ0) is 14.4. The van der Waals surface area contributed by atoms with Crippen LogP contribution in [0.5, 0.6) is 0 Å². The van der Waals surface area contributed by atoms with Crippen LogP contribution in [0.25, 0.3) is 11.0 Å². The number of fused-ring (bicyclic) bond motifs is 1. The van der Waals surface area contributed by atoms with Gasteiger partial charge >= 0.3 is 0 Å². The van der Waals surface area contributed by atoms with E-state index in [1.807, 2.05) is 11.8 Å². The van der Waals surface area contributed by atoms with Crippen LogP contribution in [-0.4, -0.2) is 29.8 Å². The normalized spacial score (nSPS) is 11.3. The third-order valence-corrected chi connectivity index (χ3v) is 4.42. The van der Waals surface area contributed by atoms with E-state index in [1.165, 1.54) is 16.5 Å². The molecule has 0 aliphatic heterocycles. The topological polar surface area (TPSA) is 45.4 Å². The Hall–Kier alpha value is -0.970. The second kappa shape index (κ2) is 7.72. The van der Waals surface area contributed by atoms with Gasteiger partial charge in [-0.25, -0.2) is 0 Å². The molecule has 1 aromatic heterocycles. The number of rotatable bonds is 8. The summed E-state index contributed by atoms with van der Waals surface area (Å²) in [6.07, 6.45) is 0.882. The Labute approximate surface area is 124 Å². The zero-order valence-electron chi connectivity index (χ0n) is 12.2. The van der Waals surface area contributed by atoms with Crippen molar-refractivity contribution < 1.29 is 9.52 Å². The van der Waals surface area contributed by atoms with E-state index < -0.39 is 0 Å². The number of aliphatic hydroxyl groups is 1. The second-order valence-corrected chi connectivity index (χ2v) is 6.28. The molecule has 0 atom stereocenters. The fourth-order valence-electron chi connectivity index (χ4n) is 2.07. The van der Waals surface area contributed by atoms with Crippen molar-refractivity contribution >= 4 is 22.7 Å². The number of hydrogen-bond acceptors (Lipinski definition) is 4. The van der Waals surface area contributed by atoms with E-state index in [1.54, 1.807) is 0 Å². The van der Waals surface area contributed by atoms with E-state index in [0.717, 1.165) is 42.4 Å². The quantitative estimate of drug-likeness (QED) is 0.733. The van der Waals surface area contributed by atoms with Gasteiger partial charge in [0.25, 0.3) is 0 Å². The number of benzene rings is 1. The number of furan rings is 1. The molecule has 0 spiro atoms. The predicted molar refractivity (Wildman–Crippen MR) is 86.4 cm³/mol. The Balaban J connectivity index is 1.79. The van der Waals surface area contributed by atoms with Crippen LogP contribution in [0.1, 0.15) is 23.3 Å². The number of hydrogen-bond donors (Lipinski definition) is 2. The highest BCUT2D eigenvalue weighted by atomic mass is 32.2. The van der Waals surface area contributed by atoms with E-state index in [4.69, 9.17) is 9.52 Å². The second-order valence-electron chi connectivity index (χ2n) is 5.05. The highest BCUT2D eigenvalue weighted by Crippen LogP contribution is 2.23. The first kappa shape index (κ1) is 15.4. The third kappa shape index (κ3) is 4.27. The Kier molecular flexibility index (Phi) is 5.95. The summed E-state index contributed by atoms with van der Waals surface area (Å²) >= 11 is 1.87. The van der Waals surface area contributed by atoms with Gasteiger partial charge in [-0.3, -0.25) is 0 Å². The molecule has 1 aromatic carbocycles. The highest BCUT2D eigenvalue weighted by Gasteiger charge is 2.05. The summed E-state index contributed by atoms with van der Waals surface area (Å²) in [6, 6.07) is 6.41. The maximum atomic E-state index is 8.68. The molecule has 0 amide bonds.